The number of aliphatic hydroxyl groups is 1. The number of hydrogen-bond acceptors (Lipinski definition) is 3. The number of nitrogens with one attached hydrogen (secondary N) is 2. The Hall–Kier alpha value is -1.59. The quantitative estimate of drug-likeness (QED) is 0.744. The Morgan fingerprint density at radius 1 is 1.27 bits per heavy atom. The van der Waals surface area contributed by atoms with Crippen molar-refractivity contribution in [2.45, 2.75) is 40.2 Å². The fourth-order valence-electron chi connectivity index (χ4n) is 1.76. The number of halogens is 1. The Labute approximate surface area is 136 Å². The number of hydrogen-bond donors (Lipinski definition) is 3. The Balaban J connectivity index is 2.49. The summed E-state index contributed by atoms with van der Waals surface area (Å²) in [5.41, 5.74) is 0.945. The molecule has 1 unspecified atom stereocenters. The number of anilines is 1. The van der Waals surface area contributed by atoms with E-state index in [2.05, 4.69) is 10.6 Å². The number of benzene rings is 1. The molecule has 5 nitrogen and oxygen atoms in total. The summed E-state index contributed by atoms with van der Waals surface area (Å²) >= 11 is 5.96. The average Bonchev–Trinajstić information content (AvgIpc) is 2.42. The molecule has 0 aliphatic carbocycles. The Morgan fingerprint density at radius 2 is 1.91 bits per heavy atom. The largest absolute Gasteiger partial charge is 0.393 e. The van der Waals surface area contributed by atoms with Crippen LogP contribution in [0.4, 0.5) is 5.69 Å². The van der Waals surface area contributed by atoms with Crippen molar-refractivity contribution in [3.05, 3.63) is 28.8 Å². The van der Waals surface area contributed by atoms with E-state index in [1.807, 2.05) is 20.8 Å². The number of rotatable bonds is 4. The molecule has 0 radical (unpaired) electrons. The molecule has 1 aromatic carbocycles. The lowest BCUT2D eigenvalue weighted by atomic mass is 9.87. The first kappa shape index (κ1) is 18.5. The monoisotopic (exact) mass is 326 g/mol. The van der Waals surface area contributed by atoms with E-state index in [1.54, 1.807) is 25.1 Å². The number of aliphatic hydroxyl groups excluding tert-OH is 1. The first-order valence-electron chi connectivity index (χ1n) is 7.15. The Morgan fingerprint density at radius 3 is 2.50 bits per heavy atom. The zero-order valence-electron chi connectivity index (χ0n) is 13.4. The molecule has 2 amide bonds. The second kappa shape index (κ2) is 7.61. The second-order valence-corrected chi connectivity index (χ2v) is 6.70. The van der Waals surface area contributed by atoms with Crippen LogP contribution in [0.2, 0.25) is 5.02 Å². The van der Waals surface area contributed by atoms with Crippen LogP contribution in [0.15, 0.2) is 18.2 Å². The van der Waals surface area contributed by atoms with Crippen LogP contribution < -0.4 is 10.6 Å². The number of carbonyl (C=O) groups excluding carboxylic acids is 2. The van der Waals surface area contributed by atoms with Gasteiger partial charge >= 0.3 is 11.8 Å². The van der Waals surface area contributed by atoms with Gasteiger partial charge in [-0.25, -0.2) is 0 Å². The maximum atomic E-state index is 11.8. The highest BCUT2D eigenvalue weighted by Gasteiger charge is 2.22. The van der Waals surface area contributed by atoms with Gasteiger partial charge < -0.3 is 15.7 Å². The molecule has 0 saturated carbocycles. The summed E-state index contributed by atoms with van der Waals surface area (Å²) in [6, 6.07) is 5.08. The Bertz CT molecular complexity index is 553. The molecule has 1 atom stereocenters. The van der Waals surface area contributed by atoms with Crippen LogP contribution in [-0.2, 0) is 9.59 Å². The summed E-state index contributed by atoms with van der Waals surface area (Å²) in [5.74, 6) is -1.49. The normalized spacial score (nSPS) is 12.6. The van der Waals surface area contributed by atoms with Gasteiger partial charge in [-0.15, -0.1) is 0 Å². The zero-order chi connectivity index (χ0) is 16.9. The van der Waals surface area contributed by atoms with Gasteiger partial charge in [-0.05, 0) is 36.5 Å². The minimum Gasteiger partial charge on any atom is -0.393 e. The van der Waals surface area contributed by atoms with Gasteiger partial charge in [0.05, 0.1) is 6.10 Å². The topological polar surface area (TPSA) is 78.4 Å². The molecule has 1 rings (SSSR count). The highest BCUT2D eigenvalue weighted by atomic mass is 35.5. The Kier molecular flexibility index (Phi) is 6.38. The van der Waals surface area contributed by atoms with Crippen molar-refractivity contribution >= 4 is 29.1 Å². The van der Waals surface area contributed by atoms with E-state index < -0.39 is 17.9 Å². The smallest absolute Gasteiger partial charge is 0.313 e. The van der Waals surface area contributed by atoms with Gasteiger partial charge in [0.2, 0.25) is 0 Å². The first-order valence-corrected chi connectivity index (χ1v) is 7.53. The highest BCUT2D eigenvalue weighted by molar-refractivity contribution is 6.40. The van der Waals surface area contributed by atoms with Crippen LogP contribution in [0.3, 0.4) is 0 Å². The van der Waals surface area contributed by atoms with Gasteiger partial charge in [0.15, 0.2) is 0 Å². The third-order valence-corrected chi connectivity index (χ3v) is 3.83. The first-order chi connectivity index (χ1) is 10.1. The van der Waals surface area contributed by atoms with Crippen molar-refractivity contribution in [2.75, 3.05) is 11.9 Å². The SMILES string of the molecule is Cc1c(Cl)cccc1NC(=O)C(=O)NCCC(O)C(C)(C)C. The van der Waals surface area contributed by atoms with Crippen molar-refractivity contribution < 1.29 is 14.7 Å². The van der Waals surface area contributed by atoms with Crippen LogP contribution >= 0.6 is 11.6 Å². The molecule has 6 heteroatoms. The van der Waals surface area contributed by atoms with E-state index in [0.717, 1.165) is 0 Å². The molecule has 22 heavy (non-hydrogen) atoms. The molecule has 0 fully saturated rings. The van der Waals surface area contributed by atoms with Crippen LogP contribution in [0.1, 0.15) is 32.8 Å². The predicted octanol–water partition coefficient (Wildman–Crippen LogP) is 2.50. The van der Waals surface area contributed by atoms with E-state index in [4.69, 9.17) is 11.6 Å². The van der Waals surface area contributed by atoms with Crippen molar-refractivity contribution in [1.82, 2.24) is 5.32 Å². The van der Waals surface area contributed by atoms with Crippen LogP contribution in [0.5, 0.6) is 0 Å². The lowest BCUT2D eigenvalue weighted by Crippen LogP contribution is -2.38. The maximum Gasteiger partial charge on any atom is 0.313 e. The average molecular weight is 327 g/mol. The van der Waals surface area contributed by atoms with E-state index in [0.29, 0.717) is 22.7 Å². The zero-order valence-corrected chi connectivity index (χ0v) is 14.1. The highest BCUT2D eigenvalue weighted by Crippen LogP contribution is 2.23. The van der Waals surface area contributed by atoms with Gasteiger partial charge in [-0.2, -0.15) is 0 Å². The third-order valence-electron chi connectivity index (χ3n) is 3.43. The van der Waals surface area contributed by atoms with E-state index in [9.17, 15) is 14.7 Å². The fourth-order valence-corrected chi connectivity index (χ4v) is 1.93. The van der Waals surface area contributed by atoms with E-state index >= 15 is 0 Å². The van der Waals surface area contributed by atoms with Crippen molar-refractivity contribution in [3.8, 4) is 0 Å². The molecular weight excluding hydrogens is 304 g/mol. The predicted molar refractivity (Wildman–Crippen MR) is 87.9 cm³/mol. The standard InChI is InChI=1S/C16H23ClN2O3/c1-10-11(17)6-5-7-12(10)19-15(22)14(21)18-9-8-13(20)16(2,3)4/h5-7,13,20H,8-9H2,1-4H3,(H,18,21)(H,19,22). The fraction of sp³-hybridized carbons (Fsp3) is 0.500. The van der Waals surface area contributed by atoms with Gasteiger partial charge in [-0.1, -0.05) is 38.4 Å². The minimum atomic E-state index is -0.754. The summed E-state index contributed by atoms with van der Waals surface area (Å²) in [7, 11) is 0. The van der Waals surface area contributed by atoms with Crippen molar-refractivity contribution in [1.29, 1.82) is 0 Å². The molecule has 0 bridgehead atoms. The van der Waals surface area contributed by atoms with E-state index in [-0.39, 0.29) is 12.0 Å². The lowest BCUT2D eigenvalue weighted by Gasteiger charge is -2.25. The van der Waals surface area contributed by atoms with Crippen LogP contribution in [0, 0.1) is 12.3 Å². The lowest BCUT2D eigenvalue weighted by molar-refractivity contribution is -0.136. The summed E-state index contributed by atoms with van der Waals surface area (Å²) in [6.45, 7) is 7.73. The number of amides is 2. The van der Waals surface area contributed by atoms with Gasteiger partial charge in [0.25, 0.3) is 0 Å². The summed E-state index contributed by atoms with van der Waals surface area (Å²) < 4.78 is 0. The molecule has 3 N–H and O–H groups in total. The molecule has 0 heterocycles. The van der Waals surface area contributed by atoms with Gasteiger partial charge in [-0.3, -0.25) is 9.59 Å². The molecule has 0 saturated heterocycles. The molecule has 1 aromatic rings. The second-order valence-electron chi connectivity index (χ2n) is 6.29. The van der Waals surface area contributed by atoms with Crippen LogP contribution in [0.25, 0.3) is 0 Å². The molecule has 0 aliphatic rings. The maximum absolute atomic E-state index is 11.8. The van der Waals surface area contributed by atoms with Gasteiger partial charge in [0, 0.05) is 17.3 Å². The molecule has 0 aliphatic heterocycles. The van der Waals surface area contributed by atoms with Crippen molar-refractivity contribution in [3.63, 3.8) is 0 Å². The van der Waals surface area contributed by atoms with E-state index in [1.165, 1.54) is 0 Å². The van der Waals surface area contributed by atoms with Crippen molar-refractivity contribution in [2.24, 2.45) is 5.41 Å². The summed E-state index contributed by atoms with van der Waals surface area (Å²) in [6.07, 6.45) is -0.162. The molecular formula is C16H23ClN2O3. The number of carbonyl (C=O) groups is 2. The third kappa shape index (κ3) is 5.31. The molecule has 0 spiro atoms. The van der Waals surface area contributed by atoms with Gasteiger partial charge in [0.1, 0.15) is 0 Å². The van der Waals surface area contributed by atoms with Crippen LogP contribution in [-0.4, -0.2) is 29.6 Å². The summed E-state index contributed by atoms with van der Waals surface area (Å²) in [5, 5.41) is 15.4. The molecule has 0 aromatic heterocycles. The molecule has 122 valence electrons. The summed E-state index contributed by atoms with van der Waals surface area (Å²) in [4.78, 5) is 23.6. The minimum absolute atomic E-state index is 0.235.